The number of allylic oxidation sites excluding steroid dienone is 2. The Labute approximate surface area is 81.9 Å². The third-order valence-corrected chi connectivity index (χ3v) is 3.04. The molecule has 1 N–H and O–H groups in total. The van der Waals surface area contributed by atoms with Gasteiger partial charge in [0.25, 0.3) is 0 Å². The summed E-state index contributed by atoms with van der Waals surface area (Å²) in [6, 6.07) is 0. The number of nitrogens with one attached hydrogen (secondary N) is 1. The first kappa shape index (κ1) is 10.4. The van der Waals surface area contributed by atoms with Gasteiger partial charge in [-0.2, -0.15) is 0 Å². The van der Waals surface area contributed by atoms with Crippen molar-refractivity contribution in [1.29, 1.82) is 0 Å². The summed E-state index contributed by atoms with van der Waals surface area (Å²) in [5, 5.41) is 3.24. The first-order valence-electron chi connectivity index (χ1n) is 5.31. The lowest BCUT2D eigenvalue weighted by molar-refractivity contribution is 0.314. The second-order valence-electron chi connectivity index (χ2n) is 4.05. The molecule has 1 aliphatic rings. The molecule has 0 atom stereocenters. The molecule has 1 aliphatic carbocycles. The lowest BCUT2D eigenvalue weighted by Gasteiger charge is -2.28. The minimum Gasteiger partial charge on any atom is -0.366 e. The summed E-state index contributed by atoms with van der Waals surface area (Å²) in [6.07, 6.45) is 9.39. The molecule has 1 rings (SSSR count). The van der Waals surface area contributed by atoms with E-state index in [9.17, 15) is 0 Å². The van der Waals surface area contributed by atoms with Crippen LogP contribution in [-0.4, -0.2) is 0 Å². The second kappa shape index (κ2) is 5.11. The van der Waals surface area contributed by atoms with Crippen LogP contribution in [0.3, 0.4) is 0 Å². The fourth-order valence-electron chi connectivity index (χ4n) is 2.13. The molecule has 1 saturated carbocycles. The first-order chi connectivity index (χ1) is 6.27. The Balaban J connectivity index is 2.46. The van der Waals surface area contributed by atoms with Crippen LogP contribution in [0.15, 0.2) is 24.6 Å². The van der Waals surface area contributed by atoms with Gasteiger partial charge in [0.2, 0.25) is 0 Å². The topological polar surface area (TPSA) is 12.0 Å². The van der Waals surface area contributed by atoms with Crippen LogP contribution in [0, 0.1) is 11.8 Å². The normalized spacial score (nSPS) is 29.8. The maximum Gasteiger partial charge on any atom is 0.0134 e. The van der Waals surface area contributed by atoms with Crippen LogP contribution in [-0.2, 0) is 0 Å². The zero-order valence-corrected chi connectivity index (χ0v) is 8.84. The van der Waals surface area contributed by atoms with Crippen LogP contribution in [0.5, 0.6) is 0 Å². The van der Waals surface area contributed by atoms with Gasteiger partial charge in [0.05, 0.1) is 0 Å². The van der Waals surface area contributed by atoms with E-state index >= 15 is 0 Å². The Bertz CT molecular complexity index is 185. The molecule has 1 fully saturated rings. The lowest BCUT2D eigenvalue weighted by Crippen LogP contribution is -2.20. The van der Waals surface area contributed by atoms with Crippen molar-refractivity contribution in [2.24, 2.45) is 11.8 Å². The summed E-state index contributed by atoms with van der Waals surface area (Å²) < 4.78 is 0. The summed E-state index contributed by atoms with van der Waals surface area (Å²) in [4.78, 5) is 0. The Morgan fingerprint density at radius 2 is 1.92 bits per heavy atom. The Morgan fingerprint density at radius 1 is 1.31 bits per heavy atom. The van der Waals surface area contributed by atoms with Gasteiger partial charge >= 0.3 is 0 Å². The highest BCUT2D eigenvalue weighted by atomic mass is 14.9. The fourth-order valence-corrected chi connectivity index (χ4v) is 2.13. The maximum absolute atomic E-state index is 3.71. The van der Waals surface area contributed by atoms with Crippen LogP contribution in [0.4, 0.5) is 0 Å². The van der Waals surface area contributed by atoms with Gasteiger partial charge in [-0.3, -0.25) is 0 Å². The smallest absolute Gasteiger partial charge is 0.0134 e. The minimum absolute atomic E-state index is 0.749. The second-order valence-corrected chi connectivity index (χ2v) is 4.05. The van der Waals surface area contributed by atoms with Crippen molar-refractivity contribution >= 4 is 0 Å². The molecule has 0 aliphatic heterocycles. The van der Waals surface area contributed by atoms with Crippen molar-refractivity contribution in [3.05, 3.63) is 24.6 Å². The van der Waals surface area contributed by atoms with E-state index in [0.29, 0.717) is 0 Å². The van der Waals surface area contributed by atoms with E-state index < -0.39 is 0 Å². The lowest BCUT2D eigenvalue weighted by atomic mass is 9.81. The van der Waals surface area contributed by atoms with E-state index in [1.807, 2.05) is 0 Å². The largest absolute Gasteiger partial charge is 0.366 e. The molecule has 74 valence electrons. The average Bonchev–Trinajstić information content (AvgIpc) is 2.16. The summed E-state index contributed by atoms with van der Waals surface area (Å²) in [5.41, 5.74) is 1.36. The molecule has 0 aromatic heterocycles. The predicted octanol–water partition coefficient (Wildman–Crippen LogP) is 3.45. The molecule has 1 nitrogen and oxygen atoms in total. The molecule has 13 heavy (non-hydrogen) atoms. The highest BCUT2D eigenvalue weighted by Crippen LogP contribution is 2.31. The quantitative estimate of drug-likeness (QED) is 0.699. The van der Waals surface area contributed by atoms with E-state index in [1.165, 1.54) is 31.4 Å². The van der Waals surface area contributed by atoms with Crippen molar-refractivity contribution in [2.45, 2.75) is 39.5 Å². The molecule has 0 saturated heterocycles. The van der Waals surface area contributed by atoms with Crippen LogP contribution in [0.2, 0.25) is 0 Å². The van der Waals surface area contributed by atoms with Crippen molar-refractivity contribution in [2.75, 3.05) is 0 Å². The number of hydrogen-bond acceptors (Lipinski definition) is 1. The number of rotatable bonds is 3. The van der Waals surface area contributed by atoms with Crippen LogP contribution >= 0.6 is 0 Å². The summed E-state index contributed by atoms with van der Waals surface area (Å²) in [5.74, 6) is 1.68. The molecule has 0 aromatic rings. The summed E-state index contributed by atoms with van der Waals surface area (Å²) in [7, 11) is 0. The highest BCUT2D eigenvalue weighted by molar-refractivity contribution is 5.06. The predicted molar refractivity (Wildman–Crippen MR) is 58.2 cm³/mol. The SMILES string of the molecule is C=CN/C(=C\C)C1CCC(C)CC1. The van der Waals surface area contributed by atoms with E-state index in [0.717, 1.165) is 11.8 Å². The van der Waals surface area contributed by atoms with E-state index in [4.69, 9.17) is 0 Å². The summed E-state index contributed by atoms with van der Waals surface area (Å²) >= 11 is 0. The van der Waals surface area contributed by atoms with Gasteiger partial charge in [0.15, 0.2) is 0 Å². The Morgan fingerprint density at radius 3 is 2.38 bits per heavy atom. The monoisotopic (exact) mass is 179 g/mol. The molecule has 0 spiro atoms. The highest BCUT2D eigenvalue weighted by Gasteiger charge is 2.20. The molecule has 0 amide bonds. The summed E-state index contributed by atoms with van der Waals surface area (Å²) in [6.45, 7) is 8.16. The molecule has 0 aromatic carbocycles. The first-order valence-corrected chi connectivity index (χ1v) is 5.31. The van der Waals surface area contributed by atoms with Gasteiger partial charge in [-0.05, 0) is 37.8 Å². The van der Waals surface area contributed by atoms with E-state index in [1.54, 1.807) is 6.20 Å². The van der Waals surface area contributed by atoms with Crippen LogP contribution in [0.1, 0.15) is 39.5 Å². The third kappa shape index (κ3) is 2.91. The van der Waals surface area contributed by atoms with Crippen molar-refractivity contribution < 1.29 is 0 Å². The third-order valence-electron chi connectivity index (χ3n) is 3.04. The van der Waals surface area contributed by atoms with Crippen molar-refractivity contribution in [1.82, 2.24) is 5.32 Å². The molecule has 0 bridgehead atoms. The average molecular weight is 179 g/mol. The van der Waals surface area contributed by atoms with Gasteiger partial charge in [-0.1, -0.05) is 32.4 Å². The molecular weight excluding hydrogens is 158 g/mol. The van der Waals surface area contributed by atoms with Gasteiger partial charge < -0.3 is 5.32 Å². The van der Waals surface area contributed by atoms with Gasteiger partial charge in [0, 0.05) is 5.70 Å². The van der Waals surface area contributed by atoms with Crippen LogP contribution in [0.25, 0.3) is 0 Å². The van der Waals surface area contributed by atoms with Crippen molar-refractivity contribution in [3.63, 3.8) is 0 Å². The van der Waals surface area contributed by atoms with Crippen LogP contribution < -0.4 is 5.32 Å². The molecule has 0 unspecified atom stereocenters. The van der Waals surface area contributed by atoms with Gasteiger partial charge in [-0.15, -0.1) is 0 Å². The van der Waals surface area contributed by atoms with Gasteiger partial charge in [0.1, 0.15) is 0 Å². The zero-order chi connectivity index (χ0) is 9.68. The van der Waals surface area contributed by atoms with Gasteiger partial charge in [-0.25, -0.2) is 0 Å². The standard InChI is InChI=1S/C12H21N/c1-4-12(13-5-2)11-8-6-10(3)7-9-11/h4-5,10-11,13H,2,6-9H2,1,3H3/b12-4-. The molecule has 0 heterocycles. The molecule has 0 radical (unpaired) electrons. The Hall–Kier alpha value is -0.720. The van der Waals surface area contributed by atoms with Crippen molar-refractivity contribution in [3.8, 4) is 0 Å². The fraction of sp³-hybridized carbons (Fsp3) is 0.667. The van der Waals surface area contributed by atoms with E-state index in [-0.39, 0.29) is 0 Å². The number of hydrogen-bond donors (Lipinski definition) is 1. The maximum atomic E-state index is 3.71. The minimum atomic E-state index is 0.749. The molecular formula is C12H21N. The molecule has 1 heteroatoms. The Kier molecular flexibility index (Phi) is 4.07. The zero-order valence-electron chi connectivity index (χ0n) is 8.84. The van der Waals surface area contributed by atoms with E-state index in [2.05, 4.69) is 31.8 Å².